The fraction of sp³-hybridized carbons (Fsp3) is 0.500. The number of hydrogen-bond donors (Lipinski definition) is 2. The SMILES string of the molecule is CC(C)C[C@H](CN)CC(=O)Nc1ccc(OCC#N)cc1. The lowest BCUT2D eigenvalue weighted by Crippen LogP contribution is -2.23. The average Bonchev–Trinajstić information content (AvgIpc) is 2.45. The van der Waals surface area contributed by atoms with Gasteiger partial charge in [0, 0.05) is 12.1 Å². The Morgan fingerprint density at radius 2 is 2.05 bits per heavy atom. The minimum absolute atomic E-state index is 0.0130. The van der Waals surface area contributed by atoms with Crippen LogP contribution in [0.4, 0.5) is 5.69 Å². The van der Waals surface area contributed by atoms with Crippen molar-refractivity contribution in [2.24, 2.45) is 17.6 Å². The standard InChI is InChI=1S/C16H23N3O2/c1-12(2)9-13(11-18)10-16(20)19-14-3-5-15(6-4-14)21-8-7-17/h3-6,12-13H,8-11,18H2,1-2H3,(H,19,20)/t13-/m0/s1. The van der Waals surface area contributed by atoms with E-state index in [0.717, 1.165) is 6.42 Å². The van der Waals surface area contributed by atoms with Crippen LogP contribution in [0.5, 0.6) is 5.75 Å². The average molecular weight is 289 g/mol. The highest BCUT2D eigenvalue weighted by atomic mass is 16.5. The van der Waals surface area contributed by atoms with E-state index >= 15 is 0 Å². The molecule has 0 saturated carbocycles. The van der Waals surface area contributed by atoms with Crippen LogP contribution in [0.2, 0.25) is 0 Å². The van der Waals surface area contributed by atoms with E-state index in [9.17, 15) is 4.79 Å². The second-order valence-electron chi connectivity index (χ2n) is 5.45. The number of amides is 1. The van der Waals surface area contributed by atoms with Crippen LogP contribution in [0, 0.1) is 23.2 Å². The molecular weight excluding hydrogens is 266 g/mol. The van der Waals surface area contributed by atoms with Gasteiger partial charge in [-0.25, -0.2) is 0 Å². The molecule has 0 unspecified atom stereocenters. The van der Waals surface area contributed by atoms with Crippen molar-refractivity contribution in [3.8, 4) is 11.8 Å². The van der Waals surface area contributed by atoms with Crippen molar-refractivity contribution >= 4 is 11.6 Å². The van der Waals surface area contributed by atoms with Crippen molar-refractivity contribution in [2.75, 3.05) is 18.5 Å². The third kappa shape index (κ3) is 6.77. The Bertz CT molecular complexity index is 477. The van der Waals surface area contributed by atoms with E-state index in [1.165, 1.54) is 0 Å². The Morgan fingerprint density at radius 1 is 1.38 bits per heavy atom. The third-order valence-corrected chi connectivity index (χ3v) is 3.05. The van der Waals surface area contributed by atoms with E-state index in [0.29, 0.717) is 30.3 Å². The van der Waals surface area contributed by atoms with Crippen LogP contribution in [0.25, 0.3) is 0 Å². The number of nitriles is 1. The zero-order valence-corrected chi connectivity index (χ0v) is 12.6. The quantitative estimate of drug-likeness (QED) is 0.769. The highest BCUT2D eigenvalue weighted by Gasteiger charge is 2.14. The second-order valence-corrected chi connectivity index (χ2v) is 5.45. The lowest BCUT2D eigenvalue weighted by atomic mass is 9.94. The largest absolute Gasteiger partial charge is 0.479 e. The summed E-state index contributed by atoms with van der Waals surface area (Å²) >= 11 is 0. The summed E-state index contributed by atoms with van der Waals surface area (Å²) in [4.78, 5) is 12.0. The van der Waals surface area contributed by atoms with Crippen LogP contribution in [0.15, 0.2) is 24.3 Å². The number of benzene rings is 1. The smallest absolute Gasteiger partial charge is 0.224 e. The molecule has 0 fully saturated rings. The highest BCUT2D eigenvalue weighted by molar-refractivity contribution is 5.90. The first-order valence-corrected chi connectivity index (χ1v) is 7.14. The summed E-state index contributed by atoms with van der Waals surface area (Å²) in [6.45, 7) is 4.78. The van der Waals surface area contributed by atoms with Gasteiger partial charge in [-0.05, 0) is 49.1 Å². The fourth-order valence-corrected chi connectivity index (χ4v) is 2.15. The summed E-state index contributed by atoms with van der Waals surface area (Å²) in [5.74, 6) is 1.32. The second kappa shape index (κ2) is 8.98. The predicted octanol–water partition coefficient (Wildman–Crippen LogP) is 2.54. The molecule has 21 heavy (non-hydrogen) atoms. The van der Waals surface area contributed by atoms with Crippen molar-refractivity contribution in [1.82, 2.24) is 0 Å². The summed E-state index contributed by atoms with van der Waals surface area (Å²) in [5, 5.41) is 11.3. The topological polar surface area (TPSA) is 88.1 Å². The summed E-state index contributed by atoms with van der Waals surface area (Å²) in [5.41, 5.74) is 6.42. The predicted molar refractivity (Wildman–Crippen MR) is 82.8 cm³/mol. The first kappa shape index (κ1) is 17.0. The molecule has 0 heterocycles. The molecule has 114 valence electrons. The minimum atomic E-state index is -0.0307. The number of nitrogens with two attached hydrogens (primary N) is 1. The van der Waals surface area contributed by atoms with Crippen molar-refractivity contribution in [2.45, 2.75) is 26.7 Å². The molecule has 1 aromatic rings. The molecule has 1 atom stereocenters. The highest BCUT2D eigenvalue weighted by Crippen LogP contribution is 2.18. The molecule has 0 spiro atoms. The summed E-state index contributed by atoms with van der Waals surface area (Å²) in [6.07, 6.45) is 1.38. The monoisotopic (exact) mass is 289 g/mol. The van der Waals surface area contributed by atoms with E-state index in [-0.39, 0.29) is 18.4 Å². The first-order valence-electron chi connectivity index (χ1n) is 7.14. The molecule has 5 nitrogen and oxygen atoms in total. The van der Waals surface area contributed by atoms with Gasteiger partial charge in [-0.2, -0.15) is 5.26 Å². The van der Waals surface area contributed by atoms with Crippen LogP contribution >= 0.6 is 0 Å². The van der Waals surface area contributed by atoms with Gasteiger partial charge >= 0.3 is 0 Å². The molecule has 0 aliphatic heterocycles. The number of carbonyl (C=O) groups excluding carboxylic acids is 1. The number of anilines is 1. The Balaban J connectivity index is 2.48. The lowest BCUT2D eigenvalue weighted by molar-refractivity contribution is -0.117. The van der Waals surface area contributed by atoms with Crippen molar-refractivity contribution < 1.29 is 9.53 Å². The molecular formula is C16H23N3O2. The molecule has 0 radical (unpaired) electrons. The molecule has 3 N–H and O–H groups in total. The van der Waals surface area contributed by atoms with Gasteiger partial charge in [0.2, 0.25) is 5.91 Å². The first-order chi connectivity index (χ1) is 10.0. The van der Waals surface area contributed by atoms with Gasteiger partial charge < -0.3 is 15.8 Å². The molecule has 1 amide bonds. The van der Waals surface area contributed by atoms with E-state index in [2.05, 4.69) is 19.2 Å². The Labute approximate surface area is 126 Å². The molecule has 0 bridgehead atoms. The van der Waals surface area contributed by atoms with E-state index < -0.39 is 0 Å². The molecule has 0 saturated heterocycles. The fourth-order valence-electron chi connectivity index (χ4n) is 2.15. The summed E-state index contributed by atoms with van der Waals surface area (Å²) in [6, 6.07) is 8.86. The lowest BCUT2D eigenvalue weighted by Gasteiger charge is -2.16. The van der Waals surface area contributed by atoms with Gasteiger partial charge in [-0.1, -0.05) is 13.8 Å². The number of nitrogens with zero attached hydrogens (tertiary/aromatic N) is 1. The Kier molecular flexibility index (Phi) is 7.27. The van der Waals surface area contributed by atoms with Gasteiger partial charge in [0.15, 0.2) is 6.61 Å². The Morgan fingerprint density at radius 3 is 2.57 bits per heavy atom. The zero-order valence-electron chi connectivity index (χ0n) is 12.6. The summed E-state index contributed by atoms with van der Waals surface area (Å²) < 4.78 is 5.15. The molecule has 1 aromatic carbocycles. The molecule has 1 rings (SSSR count). The molecule has 5 heteroatoms. The number of hydrogen-bond acceptors (Lipinski definition) is 4. The molecule has 0 aromatic heterocycles. The van der Waals surface area contributed by atoms with Gasteiger partial charge in [0.1, 0.15) is 11.8 Å². The van der Waals surface area contributed by atoms with Gasteiger partial charge in [0.25, 0.3) is 0 Å². The maximum atomic E-state index is 12.0. The van der Waals surface area contributed by atoms with Crippen molar-refractivity contribution in [3.05, 3.63) is 24.3 Å². The van der Waals surface area contributed by atoms with Crippen LogP contribution < -0.4 is 15.8 Å². The van der Waals surface area contributed by atoms with E-state index in [4.69, 9.17) is 15.7 Å². The molecule has 0 aliphatic carbocycles. The number of nitrogens with one attached hydrogen (secondary N) is 1. The normalized spacial score (nSPS) is 11.8. The van der Waals surface area contributed by atoms with Crippen LogP contribution in [-0.2, 0) is 4.79 Å². The van der Waals surface area contributed by atoms with Gasteiger partial charge in [-0.15, -0.1) is 0 Å². The number of carbonyl (C=O) groups is 1. The maximum Gasteiger partial charge on any atom is 0.224 e. The maximum absolute atomic E-state index is 12.0. The number of ether oxygens (including phenoxy) is 1. The zero-order chi connectivity index (χ0) is 15.7. The van der Waals surface area contributed by atoms with E-state index in [1.54, 1.807) is 24.3 Å². The van der Waals surface area contributed by atoms with Crippen LogP contribution in [0.3, 0.4) is 0 Å². The number of rotatable bonds is 8. The van der Waals surface area contributed by atoms with Crippen molar-refractivity contribution in [1.29, 1.82) is 5.26 Å². The minimum Gasteiger partial charge on any atom is -0.479 e. The summed E-state index contributed by atoms with van der Waals surface area (Å²) in [7, 11) is 0. The van der Waals surface area contributed by atoms with Crippen molar-refractivity contribution in [3.63, 3.8) is 0 Å². The van der Waals surface area contributed by atoms with Crippen LogP contribution in [0.1, 0.15) is 26.7 Å². The van der Waals surface area contributed by atoms with Crippen LogP contribution in [-0.4, -0.2) is 19.1 Å². The van der Waals surface area contributed by atoms with E-state index in [1.807, 2.05) is 6.07 Å². The molecule has 0 aliphatic rings. The third-order valence-electron chi connectivity index (χ3n) is 3.05. The Hall–Kier alpha value is -2.06. The van der Waals surface area contributed by atoms with Gasteiger partial charge in [-0.3, -0.25) is 4.79 Å². The van der Waals surface area contributed by atoms with Gasteiger partial charge in [0.05, 0.1) is 0 Å².